The Labute approximate surface area is 117 Å². The second-order valence-corrected chi connectivity index (χ2v) is 4.06. The van der Waals surface area contributed by atoms with E-state index < -0.39 is 29.1 Å². The van der Waals surface area contributed by atoms with Crippen molar-refractivity contribution in [3.05, 3.63) is 64.7 Å². The number of halogens is 3. The highest BCUT2D eigenvalue weighted by Gasteiger charge is 2.16. The average molecular weight is 291 g/mol. The van der Waals surface area contributed by atoms with Gasteiger partial charge in [-0.2, -0.15) is 9.65 Å². The number of pyridine rings is 1. The van der Waals surface area contributed by atoms with Crippen molar-refractivity contribution in [2.45, 2.75) is 6.54 Å². The summed E-state index contributed by atoms with van der Waals surface area (Å²) in [5, 5.41) is 10.9. The van der Waals surface area contributed by atoms with Crippen molar-refractivity contribution in [3.63, 3.8) is 0 Å². The van der Waals surface area contributed by atoms with Gasteiger partial charge in [-0.25, -0.2) is 13.8 Å². The lowest BCUT2D eigenvalue weighted by molar-refractivity contribution is 0.0945. The highest BCUT2D eigenvalue weighted by Crippen LogP contribution is 2.12. The minimum atomic E-state index is -1.38. The van der Waals surface area contributed by atoms with Crippen molar-refractivity contribution in [2.24, 2.45) is 0 Å². The monoisotopic (exact) mass is 291 g/mol. The predicted octanol–water partition coefficient (Wildman–Crippen LogP) is 2.30. The topological polar surface area (TPSA) is 65.8 Å². The number of nitriles is 1. The van der Waals surface area contributed by atoms with E-state index in [1.165, 1.54) is 12.1 Å². The lowest BCUT2D eigenvalue weighted by atomic mass is 10.1. The molecule has 1 N–H and O–H groups in total. The van der Waals surface area contributed by atoms with Gasteiger partial charge in [0.2, 0.25) is 5.95 Å². The fourth-order valence-electron chi connectivity index (χ4n) is 1.62. The molecule has 4 nitrogen and oxygen atoms in total. The van der Waals surface area contributed by atoms with E-state index in [1.807, 2.05) is 0 Å². The van der Waals surface area contributed by atoms with Crippen LogP contribution in [0.25, 0.3) is 0 Å². The zero-order valence-electron chi connectivity index (χ0n) is 10.5. The van der Waals surface area contributed by atoms with Gasteiger partial charge in [-0.3, -0.25) is 4.79 Å². The van der Waals surface area contributed by atoms with Gasteiger partial charge in [0.05, 0.1) is 17.2 Å². The van der Waals surface area contributed by atoms with Crippen molar-refractivity contribution >= 4 is 5.91 Å². The van der Waals surface area contributed by atoms with E-state index in [0.29, 0.717) is 0 Å². The molecule has 0 spiro atoms. The zero-order chi connectivity index (χ0) is 15.4. The Hall–Kier alpha value is -2.88. The van der Waals surface area contributed by atoms with Crippen LogP contribution in [0, 0.1) is 28.9 Å². The molecular formula is C14H8F3N3O. The average Bonchev–Trinajstić information content (AvgIpc) is 2.48. The van der Waals surface area contributed by atoms with Gasteiger partial charge >= 0.3 is 0 Å². The summed E-state index contributed by atoms with van der Waals surface area (Å²) in [6.45, 7) is -0.222. The lowest BCUT2D eigenvalue weighted by Crippen LogP contribution is -2.24. The standard InChI is InChI=1S/C14H8F3N3O/c15-11-5-8(6-18)1-2-9(11)7-20-14(21)10-3-4-19-13(17)12(10)16/h1-5H,7H2,(H,20,21). The minimum Gasteiger partial charge on any atom is -0.348 e. The summed E-state index contributed by atoms with van der Waals surface area (Å²) in [4.78, 5) is 14.8. The summed E-state index contributed by atoms with van der Waals surface area (Å²) in [6.07, 6.45) is 0.954. The molecule has 0 bridgehead atoms. The van der Waals surface area contributed by atoms with Gasteiger partial charge in [-0.05, 0) is 18.2 Å². The Morgan fingerprint density at radius 2 is 2.05 bits per heavy atom. The van der Waals surface area contributed by atoms with Crippen molar-refractivity contribution in [2.75, 3.05) is 0 Å². The highest BCUT2D eigenvalue weighted by molar-refractivity contribution is 5.94. The number of benzene rings is 1. The molecule has 0 saturated heterocycles. The third-order valence-electron chi connectivity index (χ3n) is 2.71. The minimum absolute atomic E-state index is 0.122. The van der Waals surface area contributed by atoms with Crippen LogP contribution in [0.2, 0.25) is 0 Å². The Balaban J connectivity index is 2.11. The van der Waals surface area contributed by atoms with E-state index >= 15 is 0 Å². The normalized spacial score (nSPS) is 10.0. The molecule has 0 aliphatic heterocycles. The smallest absolute Gasteiger partial charge is 0.254 e. The van der Waals surface area contributed by atoms with Crippen LogP contribution in [0.15, 0.2) is 30.5 Å². The number of nitrogens with zero attached hydrogens (tertiary/aromatic N) is 2. The Kier molecular flexibility index (Phi) is 4.18. The van der Waals surface area contributed by atoms with Gasteiger partial charge in [0, 0.05) is 18.3 Å². The summed E-state index contributed by atoms with van der Waals surface area (Å²) in [6, 6.07) is 6.53. The number of amides is 1. The van der Waals surface area contributed by atoms with Crippen molar-refractivity contribution in [3.8, 4) is 6.07 Å². The van der Waals surface area contributed by atoms with Crippen LogP contribution in [0.4, 0.5) is 13.2 Å². The summed E-state index contributed by atoms with van der Waals surface area (Å²) in [7, 11) is 0. The first-order valence-electron chi connectivity index (χ1n) is 5.79. The molecule has 2 aromatic rings. The first-order valence-corrected chi connectivity index (χ1v) is 5.79. The molecule has 1 heterocycles. The van der Waals surface area contributed by atoms with Crippen LogP contribution in [-0.2, 0) is 6.54 Å². The molecule has 0 unspecified atom stereocenters. The van der Waals surface area contributed by atoms with E-state index in [2.05, 4.69) is 10.3 Å². The Bertz CT molecular complexity index is 741. The first-order chi connectivity index (χ1) is 10.0. The zero-order valence-corrected chi connectivity index (χ0v) is 10.5. The van der Waals surface area contributed by atoms with Crippen molar-refractivity contribution in [1.82, 2.24) is 10.3 Å². The molecule has 0 saturated carbocycles. The number of rotatable bonds is 3. The fourth-order valence-corrected chi connectivity index (χ4v) is 1.62. The van der Waals surface area contributed by atoms with E-state index in [0.717, 1.165) is 18.3 Å². The highest BCUT2D eigenvalue weighted by atomic mass is 19.2. The summed E-state index contributed by atoms with van der Waals surface area (Å²) < 4.78 is 39.8. The maximum Gasteiger partial charge on any atom is 0.254 e. The number of aromatic nitrogens is 1. The van der Waals surface area contributed by atoms with Crippen LogP contribution in [0.1, 0.15) is 21.5 Å². The molecule has 2 rings (SSSR count). The van der Waals surface area contributed by atoms with Crippen LogP contribution in [0.5, 0.6) is 0 Å². The molecule has 1 amide bonds. The summed E-state index contributed by atoms with van der Waals surface area (Å²) in [5.41, 5.74) is -0.251. The third-order valence-corrected chi connectivity index (χ3v) is 2.71. The van der Waals surface area contributed by atoms with Gasteiger partial charge in [-0.1, -0.05) is 6.07 Å². The fraction of sp³-hybridized carbons (Fsp3) is 0.0714. The van der Waals surface area contributed by atoms with E-state index in [1.54, 1.807) is 6.07 Å². The molecular weight excluding hydrogens is 283 g/mol. The Morgan fingerprint density at radius 3 is 2.71 bits per heavy atom. The molecule has 0 fully saturated rings. The second-order valence-electron chi connectivity index (χ2n) is 4.06. The second kappa shape index (κ2) is 6.05. The molecule has 0 aliphatic carbocycles. The molecule has 21 heavy (non-hydrogen) atoms. The van der Waals surface area contributed by atoms with Gasteiger partial charge < -0.3 is 5.32 Å². The number of nitrogens with one attached hydrogen (secondary N) is 1. The van der Waals surface area contributed by atoms with Crippen molar-refractivity contribution < 1.29 is 18.0 Å². The SMILES string of the molecule is N#Cc1ccc(CNC(=O)c2ccnc(F)c2F)c(F)c1. The number of carbonyl (C=O) groups excluding carboxylic acids is 1. The molecule has 106 valence electrons. The number of carbonyl (C=O) groups is 1. The van der Waals surface area contributed by atoms with Gasteiger partial charge in [0.15, 0.2) is 5.82 Å². The molecule has 1 aromatic heterocycles. The molecule has 0 aliphatic rings. The predicted molar refractivity (Wildman–Crippen MR) is 66.4 cm³/mol. The van der Waals surface area contributed by atoms with E-state index in [4.69, 9.17) is 5.26 Å². The molecule has 7 heteroatoms. The van der Waals surface area contributed by atoms with Crippen LogP contribution < -0.4 is 5.32 Å². The van der Waals surface area contributed by atoms with Crippen LogP contribution in [-0.4, -0.2) is 10.9 Å². The van der Waals surface area contributed by atoms with Crippen LogP contribution in [0.3, 0.4) is 0 Å². The van der Waals surface area contributed by atoms with Crippen molar-refractivity contribution in [1.29, 1.82) is 5.26 Å². The molecule has 1 aromatic carbocycles. The van der Waals surface area contributed by atoms with Gasteiger partial charge in [0.25, 0.3) is 5.91 Å². The summed E-state index contributed by atoms with van der Waals surface area (Å²) in [5.74, 6) is -4.31. The van der Waals surface area contributed by atoms with Gasteiger partial charge in [0.1, 0.15) is 5.82 Å². The quantitative estimate of drug-likeness (QED) is 0.882. The van der Waals surface area contributed by atoms with Gasteiger partial charge in [-0.15, -0.1) is 0 Å². The Morgan fingerprint density at radius 1 is 1.29 bits per heavy atom. The maximum absolute atomic E-state index is 13.6. The summed E-state index contributed by atoms with van der Waals surface area (Å²) >= 11 is 0. The maximum atomic E-state index is 13.6. The number of hydrogen-bond donors (Lipinski definition) is 1. The van der Waals surface area contributed by atoms with E-state index in [9.17, 15) is 18.0 Å². The molecule has 0 atom stereocenters. The number of hydrogen-bond acceptors (Lipinski definition) is 3. The third kappa shape index (κ3) is 3.17. The molecule has 0 radical (unpaired) electrons. The van der Waals surface area contributed by atoms with Crippen LogP contribution >= 0.6 is 0 Å². The van der Waals surface area contributed by atoms with E-state index in [-0.39, 0.29) is 17.7 Å². The first kappa shape index (κ1) is 14.5. The lowest BCUT2D eigenvalue weighted by Gasteiger charge is -2.07. The largest absolute Gasteiger partial charge is 0.348 e.